The number of primary amides is 1. The number of carbonyl (C=O) groups excluding carboxylic acids is 1. The summed E-state index contributed by atoms with van der Waals surface area (Å²) in [5.74, 6) is 1.38. The molecule has 1 saturated heterocycles. The molecule has 0 aromatic carbocycles. The van der Waals surface area contributed by atoms with Crippen LogP contribution in [-0.4, -0.2) is 46.5 Å². The Balaban J connectivity index is 1.81. The van der Waals surface area contributed by atoms with Gasteiger partial charge in [-0.2, -0.15) is 0 Å². The van der Waals surface area contributed by atoms with Crippen LogP contribution in [0.25, 0.3) is 0 Å². The van der Waals surface area contributed by atoms with E-state index in [0.29, 0.717) is 12.6 Å². The summed E-state index contributed by atoms with van der Waals surface area (Å²) in [5, 5.41) is 3.40. The van der Waals surface area contributed by atoms with Crippen LogP contribution in [0, 0.1) is 6.92 Å². The highest BCUT2D eigenvalue weighted by molar-refractivity contribution is 5.75. The van der Waals surface area contributed by atoms with Crippen LogP contribution in [0.5, 0.6) is 0 Å². The van der Waals surface area contributed by atoms with Gasteiger partial charge in [0.25, 0.3) is 0 Å². The first kappa shape index (κ1) is 12.8. The Morgan fingerprint density at radius 1 is 1.56 bits per heavy atom. The number of anilines is 1. The van der Waals surface area contributed by atoms with Gasteiger partial charge in [0.05, 0.1) is 6.54 Å². The third-order valence-corrected chi connectivity index (χ3v) is 3.10. The first-order valence-electron chi connectivity index (χ1n) is 6.20. The summed E-state index contributed by atoms with van der Waals surface area (Å²) in [6, 6.07) is 2.28. The fourth-order valence-electron chi connectivity index (χ4n) is 2.20. The van der Waals surface area contributed by atoms with Gasteiger partial charge in [0, 0.05) is 25.3 Å². The molecule has 18 heavy (non-hydrogen) atoms. The van der Waals surface area contributed by atoms with Gasteiger partial charge in [-0.25, -0.2) is 9.97 Å². The molecular formula is C12H19N5O. The van der Waals surface area contributed by atoms with E-state index in [2.05, 4.69) is 20.2 Å². The van der Waals surface area contributed by atoms with Gasteiger partial charge in [-0.3, -0.25) is 9.69 Å². The Labute approximate surface area is 107 Å². The first-order valence-corrected chi connectivity index (χ1v) is 6.20. The summed E-state index contributed by atoms with van der Waals surface area (Å²) < 4.78 is 0. The molecule has 0 saturated carbocycles. The second kappa shape index (κ2) is 5.77. The number of likely N-dealkylation sites (tertiary alicyclic amines) is 1. The zero-order valence-corrected chi connectivity index (χ0v) is 10.6. The Morgan fingerprint density at radius 2 is 2.28 bits per heavy atom. The van der Waals surface area contributed by atoms with Gasteiger partial charge >= 0.3 is 0 Å². The molecule has 1 fully saturated rings. The van der Waals surface area contributed by atoms with E-state index in [9.17, 15) is 4.79 Å². The Hall–Kier alpha value is -1.69. The SMILES string of the molecule is Cc1nccc(NC2CCN(CC(N)=O)CC2)n1. The first-order chi connectivity index (χ1) is 8.63. The van der Waals surface area contributed by atoms with Gasteiger partial charge < -0.3 is 11.1 Å². The van der Waals surface area contributed by atoms with Crippen molar-refractivity contribution in [3.63, 3.8) is 0 Å². The van der Waals surface area contributed by atoms with Gasteiger partial charge in [-0.15, -0.1) is 0 Å². The fraction of sp³-hybridized carbons (Fsp3) is 0.583. The zero-order valence-electron chi connectivity index (χ0n) is 10.6. The number of hydrogen-bond acceptors (Lipinski definition) is 5. The number of nitrogens with zero attached hydrogens (tertiary/aromatic N) is 3. The van der Waals surface area contributed by atoms with Crippen LogP contribution in [0.2, 0.25) is 0 Å². The quantitative estimate of drug-likeness (QED) is 0.793. The Morgan fingerprint density at radius 3 is 2.89 bits per heavy atom. The molecule has 0 atom stereocenters. The van der Waals surface area contributed by atoms with Crippen molar-refractivity contribution in [2.24, 2.45) is 5.73 Å². The molecule has 1 amide bonds. The van der Waals surface area contributed by atoms with Crippen LogP contribution in [0.15, 0.2) is 12.3 Å². The smallest absolute Gasteiger partial charge is 0.231 e. The normalized spacial score (nSPS) is 17.6. The van der Waals surface area contributed by atoms with E-state index in [1.54, 1.807) is 6.20 Å². The monoisotopic (exact) mass is 249 g/mol. The highest BCUT2D eigenvalue weighted by Gasteiger charge is 2.20. The minimum atomic E-state index is -0.257. The predicted molar refractivity (Wildman–Crippen MR) is 69.0 cm³/mol. The standard InChI is InChI=1S/C12H19N5O/c1-9-14-5-2-12(15-9)16-10-3-6-17(7-4-10)8-11(13)18/h2,5,10H,3-4,6-8H2,1H3,(H2,13,18)(H,14,15,16). The molecule has 0 unspecified atom stereocenters. The molecule has 2 rings (SSSR count). The Kier molecular flexibility index (Phi) is 4.09. The van der Waals surface area contributed by atoms with E-state index >= 15 is 0 Å². The number of hydrogen-bond donors (Lipinski definition) is 2. The van der Waals surface area contributed by atoms with Gasteiger partial charge in [0.2, 0.25) is 5.91 Å². The molecule has 1 aliphatic rings. The molecule has 1 aromatic heterocycles. The lowest BCUT2D eigenvalue weighted by Gasteiger charge is -2.31. The number of carbonyl (C=O) groups is 1. The third kappa shape index (κ3) is 3.66. The number of nitrogens with two attached hydrogens (primary N) is 1. The maximum atomic E-state index is 10.8. The number of amides is 1. The molecule has 0 bridgehead atoms. The van der Waals surface area contributed by atoms with Crippen LogP contribution < -0.4 is 11.1 Å². The molecule has 0 radical (unpaired) electrons. The lowest BCUT2D eigenvalue weighted by molar-refractivity contribution is -0.119. The summed E-state index contributed by atoms with van der Waals surface area (Å²) in [6.45, 7) is 4.02. The Bertz CT molecular complexity index is 415. The lowest BCUT2D eigenvalue weighted by Crippen LogP contribution is -2.43. The van der Waals surface area contributed by atoms with Gasteiger partial charge in [0.1, 0.15) is 11.6 Å². The van der Waals surface area contributed by atoms with Crippen molar-refractivity contribution in [3.8, 4) is 0 Å². The maximum Gasteiger partial charge on any atom is 0.231 e. The molecule has 0 aliphatic carbocycles. The number of aromatic nitrogens is 2. The average Bonchev–Trinajstić information content (AvgIpc) is 2.31. The maximum absolute atomic E-state index is 10.8. The topological polar surface area (TPSA) is 84.1 Å². The van der Waals surface area contributed by atoms with Crippen molar-refractivity contribution in [3.05, 3.63) is 18.1 Å². The highest BCUT2D eigenvalue weighted by Crippen LogP contribution is 2.14. The summed E-state index contributed by atoms with van der Waals surface area (Å²) in [7, 11) is 0. The van der Waals surface area contributed by atoms with Crippen molar-refractivity contribution >= 4 is 11.7 Å². The summed E-state index contributed by atoms with van der Waals surface area (Å²) in [4.78, 5) is 21.3. The summed E-state index contributed by atoms with van der Waals surface area (Å²) in [5.41, 5.74) is 5.18. The van der Waals surface area contributed by atoms with Crippen molar-refractivity contribution in [2.45, 2.75) is 25.8 Å². The van der Waals surface area contributed by atoms with Crippen molar-refractivity contribution in [2.75, 3.05) is 25.0 Å². The van der Waals surface area contributed by atoms with Crippen LogP contribution >= 0.6 is 0 Å². The van der Waals surface area contributed by atoms with Crippen molar-refractivity contribution in [1.82, 2.24) is 14.9 Å². The molecule has 98 valence electrons. The molecule has 6 nitrogen and oxygen atoms in total. The van der Waals surface area contributed by atoms with Crippen LogP contribution in [0.4, 0.5) is 5.82 Å². The van der Waals surface area contributed by atoms with Gasteiger partial charge in [0.15, 0.2) is 0 Å². The number of aryl methyl sites for hydroxylation is 1. The van der Waals surface area contributed by atoms with E-state index in [-0.39, 0.29) is 5.91 Å². The van der Waals surface area contributed by atoms with Crippen LogP contribution in [0.3, 0.4) is 0 Å². The number of rotatable bonds is 4. The summed E-state index contributed by atoms with van der Waals surface area (Å²) >= 11 is 0. The number of nitrogens with one attached hydrogen (secondary N) is 1. The molecule has 0 spiro atoms. The minimum absolute atomic E-state index is 0.257. The van der Waals surface area contributed by atoms with E-state index in [1.807, 2.05) is 13.0 Å². The van der Waals surface area contributed by atoms with Gasteiger partial charge in [-0.1, -0.05) is 0 Å². The third-order valence-electron chi connectivity index (χ3n) is 3.10. The fourth-order valence-corrected chi connectivity index (χ4v) is 2.20. The largest absolute Gasteiger partial charge is 0.369 e. The molecule has 2 heterocycles. The van der Waals surface area contributed by atoms with Crippen LogP contribution in [0.1, 0.15) is 18.7 Å². The van der Waals surface area contributed by atoms with Gasteiger partial charge in [-0.05, 0) is 25.8 Å². The second-order valence-corrected chi connectivity index (χ2v) is 4.65. The second-order valence-electron chi connectivity index (χ2n) is 4.65. The van der Waals surface area contributed by atoms with E-state index in [0.717, 1.165) is 37.6 Å². The predicted octanol–water partition coefficient (Wildman–Crippen LogP) is 0.147. The van der Waals surface area contributed by atoms with E-state index in [1.165, 1.54) is 0 Å². The zero-order chi connectivity index (χ0) is 13.0. The average molecular weight is 249 g/mol. The summed E-state index contributed by atoms with van der Waals surface area (Å²) in [6.07, 6.45) is 3.75. The van der Waals surface area contributed by atoms with E-state index in [4.69, 9.17) is 5.73 Å². The molecular weight excluding hydrogens is 230 g/mol. The highest BCUT2D eigenvalue weighted by atomic mass is 16.1. The number of piperidine rings is 1. The molecule has 3 N–H and O–H groups in total. The minimum Gasteiger partial charge on any atom is -0.369 e. The van der Waals surface area contributed by atoms with Crippen molar-refractivity contribution < 1.29 is 4.79 Å². The van der Waals surface area contributed by atoms with Crippen LogP contribution in [-0.2, 0) is 4.79 Å². The van der Waals surface area contributed by atoms with Crippen molar-refractivity contribution in [1.29, 1.82) is 0 Å². The molecule has 1 aliphatic heterocycles. The molecule has 6 heteroatoms. The molecule has 1 aromatic rings. The lowest BCUT2D eigenvalue weighted by atomic mass is 10.1. The van der Waals surface area contributed by atoms with E-state index < -0.39 is 0 Å².